The first kappa shape index (κ1) is 87.6. The monoisotopic (exact) mass is 1750 g/mol. The molecule has 4 aromatic carbocycles. The van der Waals surface area contributed by atoms with Gasteiger partial charge >= 0.3 is 0 Å². The third-order valence-corrected chi connectivity index (χ3v) is 23.9. The van der Waals surface area contributed by atoms with Crippen LogP contribution < -0.4 is 57.1 Å². The maximum Gasteiger partial charge on any atom is 0.228 e. The first-order valence-electron chi connectivity index (χ1n) is 42.0. The third kappa shape index (κ3) is 21.2. The maximum absolute atomic E-state index is 12.4. The predicted octanol–water partition coefficient (Wildman–Crippen LogP) is 17.5. The average Bonchev–Trinajstić information content (AvgIpc) is 1.72. The number of fused-ring (bicyclic) bond motifs is 12. The molecule has 0 bridgehead atoms. The summed E-state index contributed by atoms with van der Waals surface area (Å²) in [6.07, 6.45) is 16.4. The van der Waals surface area contributed by atoms with Gasteiger partial charge in [-0.2, -0.15) is 0 Å². The molecule has 642 valence electrons. The van der Waals surface area contributed by atoms with Gasteiger partial charge in [0.15, 0.2) is 0 Å². The first-order valence-corrected chi connectivity index (χ1v) is 43.6. The van der Waals surface area contributed by atoms with Gasteiger partial charge in [-0.25, -0.2) is 44.9 Å². The van der Waals surface area contributed by atoms with E-state index in [1.807, 2.05) is 120 Å². The van der Waals surface area contributed by atoms with Crippen molar-refractivity contribution >= 4 is 150 Å². The molecule has 125 heavy (non-hydrogen) atoms. The van der Waals surface area contributed by atoms with Crippen molar-refractivity contribution in [3.63, 3.8) is 0 Å². The molecule has 6 aliphatic rings. The number of benzene rings is 4. The van der Waals surface area contributed by atoms with Crippen molar-refractivity contribution in [3.8, 4) is 50.8 Å². The smallest absolute Gasteiger partial charge is 0.228 e. The SMILES string of the molecule is CCN1CCN(c2cnc(C)c(Nc3ncc4c(n3)-c3ccc(C)cc3NC(=S)C4)c2)C[C@@H]1C.COc1ccc2c(c1)NC(=O)Cc1cnc(Nc3cc(CCCN(C)C)cnc3C)nc1-2.Cc1ccc2c(c1)NC(=S)Cc1cnc(Nc3ccc(C)nc3C)nc1-2.Cc1nc(N(C)C2CCN(C)C2)ccc1Nc1ncc2c(n1)-c1ccc(Cl)cc1NC(=S)C2. The number of nitrogens with one attached hydrogen (secondary N) is 8. The van der Waals surface area contributed by atoms with Crippen molar-refractivity contribution in [1.29, 1.82) is 0 Å². The summed E-state index contributed by atoms with van der Waals surface area (Å²) in [4.78, 5) is 82.3. The fraction of sp³-hybridized carbons (Fsp3) is 0.319. The van der Waals surface area contributed by atoms with E-state index in [1.165, 1.54) is 16.7 Å². The molecular formula is C94H104ClN25O2S3. The van der Waals surface area contributed by atoms with E-state index in [9.17, 15) is 4.79 Å². The highest BCUT2D eigenvalue weighted by atomic mass is 35.5. The molecule has 2 saturated heterocycles. The number of hydrogen-bond donors (Lipinski definition) is 8. The van der Waals surface area contributed by atoms with Crippen LogP contribution in [-0.4, -0.2) is 189 Å². The third-order valence-electron chi connectivity index (χ3n) is 22.9. The highest BCUT2D eigenvalue weighted by Crippen LogP contribution is 2.41. The zero-order chi connectivity index (χ0) is 87.9. The van der Waals surface area contributed by atoms with Crippen LogP contribution in [-0.2, 0) is 36.9 Å². The molecule has 14 heterocycles. The second-order valence-corrected chi connectivity index (χ2v) is 34.6. The number of carbonyl (C=O) groups excluding carboxylic acids is 1. The summed E-state index contributed by atoms with van der Waals surface area (Å²) in [6, 6.07) is 37.2. The van der Waals surface area contributed by atoms with E-state index >= 15 is 0 Å². The van der Waals surface area contributed by atoms with Crippen molar-refractivity contribution in [3.05, 3.63) is 219 Å². The van der Waals surface area contributed by atoms with Crippen LogP contribution in [0.4, 0.5) is 80.8 Å². The van der Waals surface area contributed by atoms with Crippen LogP contribution in [0.25, 0.3) is 45.0 Å². The summed E-state index contributed by atoms with van der Waals surface area (Å²) in [5.41, 5.74) is 27.4. The Morgan fingerprint density at radius 1 is 0.504 bits per heavy atom. The van der Waals surface area contributed by atoms with Gasteiger partial charge in [0.2, 0.25) is 29.7 Å². The maximum atomic E-state index is 12.4. The number of piperazine rings is 1. The molecule has 8 N–H and O–H groups in total. The van der Waals surface area contributed by atoms with E-state index in [4.69, 9.17) is 77.9 Å². The van der Waals surface area contributed by atoms with Crippen molar-refractivity contribution in [2.24, 2.45) is 0 Å². The largest absolute Gasteiger partial charge is 0.497 e. The minimum Gasteiger partial charge on any atom is -0.497 e. The van der Waals surface area contributed by atoms with Crippen LogP contribution in [0.5, 0.6) is 5.75 Å². The van der Waals surface area contributed by atoms with E-state index in [-0.39, 0.29) is 12.3 Å². The molecule has 0 aliphatic carbocycles. The number of carbonyl (C=O) groups is 1. The molecule has 2 fully saturated rings. The number of amides is 1. The van der Waals surface area contributed by atoms with Crippen LogP contribution >= 0.6 is 48.3 Å². The molecule has 12 aromatic rings. The number of rotatable bonds is 17. The van der Waals surface area contributed by atoms with E-state index in [0.29, 0.717) is 71.6 Å². The molecular weight excluding hydrogens is 1640 g/mol. The Kier molecular flexibility index (Phi) is 27.2. The second kappa shape index (κ2) is 38.9. The molecule has 1 amide bonds. The number of anilines is 14. The lowest BCUT2D eigenvalue weighted by Gasteiger charge is -2.40. The Morgan fingerprint density at radius 2 is 0.992 bits per heavy atom. The lowest BCUT2D eigenvalue weighted by Crippen LogP contribution is -2.51. The van der Waals surface area contributed by atoms with Gasteiger partial charge < -0.3 is 66.9 Å². The number of halogens is 1. The van der Waals surface area contributed by atoms with E-state index in [2.05, 4.69) is 212 Å². The van der Waals surface area contributed by atoms with Crippen LogP contribution in [0.3, 0.4) is 0 Å². The number of thiocarbonyl (C=S) groups is 3. The zero-order valence-corrected chi connectivity index (χ0v) is 76.1. The standard InChI is InChI=1S/C26H31N7S.C24H26ClN7S.C24H28N6O2.C20H19N5S/c1-5-32-8-9-33(15-17(32)3)20-12-22(18(4)27-14-20)30-26-28-13-19-11-24(34)29-23-10-16(2)6-7-21(23)25(19)31-26;1-14-19(6-7-21(27-14)32(3)17-8-9-31(2)13-17)29-24-26-12-15-10-22(33)28-20-11-16(25)4-5-18(20)23(15)30-24;1-15-20(10-16(13-25-15)6-5-9-30(2)3)28-24-26-14-17-11-22(31)27-21-12-18(32-4)7-8-19(21)23(17)29-24;1-11-4-6-15-17(8-11)23-18(26)9-14-10-21-20(25-19(14)15)24-16-7-5-12(2)22-13(16)3/h6-7,10,12-14,17H,5,8-9,11,15H2,1-4H3,(H,29,34)(H,28,30,31);4-7,11-12,17H,8-10,13H2,1-3H3,(H,28,33)(H,26,29,30);7-8,10,12-14H,5-6,9,11H2,1-4H3,(H,27,31)(H,26,28,29);4-8,10H,9H2,1-3H3,(H,23,26)(H,21,24,25)/t17-;;;/m0.../s1. The average molecular weight is 1750 g/mol. The number of methoxy groups -OCH3 is 1. The van der Waals surface area contributed by atoms with Crippen molar-refractivity contribution in [2.75, 3.05) is 133 Å². The minimum absolute atomic E-state index is 0.104. The molecule has 1 unspecified atom stereocenters. The van der Waals surface area contributed by atoms with Gasteiger partial charge in [-0.1, -0.05) is 79.4 Å². The molecule has 8 aromatic heterocycles. The van der Waals surface area contributed by atoms with Crippen molar-refractivity contribution in [2.45, 2.75) is 119 Å². The van der Waals surface area contributed by atoms with E-state index in [1.54, 1.807) is 13.3 Å². The van der Waals surface area contributed by atoms with E-state index < -0.39 is 0 Å². The summed E-state index contributed by atoms with van der Waals surface area (Å²) in [5.74, 6) is 3.65. The van der Waals surface area contributed by atoms with E-state index in [0.717, 1.165) is 227 Å². The first-order chi connectivity index (χ1) is 60.2. The summed E-state index contributed by atoms with van der Waals surface area (Å²) in [6.45, 7) is 25.9. The molecule has 18 rings (SSSR count). The Labute approximate surface area is 751 Å². The molecule has 6 aliphatic heterocycles. The summed E-state index contributed by atoms with van der Waals surface area (Å²) < 4.78 is 5.31. The fourth-order valence-corrected chi connectivity index (χ4v) is 17.0. The lowest BCUT2D eigenvalue weighted by molar-refractivity contribution is -0.115. The topological polar surface area (TPSA) is 293 Å². The van der Waals surface area contributed by atoms with Gasteiger partial charge in [-0.15, -0.1) is 0 Å². The Morgan fingerprint density at radius 3 is 1.50 bits per heavy atom. The minimum atomic E-state index is -0.104. The number of ether oxygens (including phenoxy) is 1. The number of likely N-dealkylation sites (tertiary alicyclic amines) is 1. The van der Waals surface area contributed by atoms with Gasteiger partial charge in [0.25, 0.3) is 0 Å². The van der Waals surface area contributed by atoms with Crippen LogP contribution in [0.15, 0.2) is 146 Å². The summed E-state index contributed by atoms with van der Waals surface area (Å²) in [7, 11) is 10.0. The Hall–Kier alpha value is -12.3. The molecule has 0 spiro atoms. The summed E-state index contributed by atoms with van der Waals surface area (Å²) >= 11 is 22.7. The number of aromatic nitrogens is 12. The van der Waals surface area contributed by atoms with Crippen LogP contribution in [0.1, 0.15) is 94.1 Å². The molecule has 0 radical (unpaired) electrons. The van der Waals surface area contributed by atoms with Crippen LogP contribution in [0, 0.1) is 48.5 Å². The summed E-state index contributed by atoms with van der Waals surface area (Å²) in [5, 5.41) is 26.9. The second-order valence-electron chi connectivity index (χ2n) is 32.7. The Bertz CT molecular complexity index is 6110. The van der Waals surface area contributed by atoms with Gasteiger partial charge in [-0.3, -0.25) is 24.6 Å². The number of pyridine rings is 4. The highest BCUT2D eigenvalue weighted by molar-refractivity contribution is 7.81. The molecule has 31 heteroatoms. The van der Waals surface area contributed by atoms with Gasteiger partial charge in [0, 0.05) is 174 Å². The lowest BCUT2D eigenvalue weighted by atomic mass is 10.0. The highest BCUT2D eigenvalue weighted by Gasteiger charge is 2.30. The number of likely N-dealkylation sites (N-methyl/N-ethyl adjacent to an activating group) is 3. The predicted molar refractivity (Wildman–Crippen MR) is 517 cm³/mol. The normalized spacial score (nSPS) is 15.4. The quantitative estimate of drug-likeness (QED) is 0.0393. The zero-order valence-electron chi connectivity index (χ0n) is 72.9. The Balaban J connectivity index is 0.000000129. The van der Waals surface area contributed by atoms with Crippen molar-refractivity contribution in [1.82, 2.24) is 74.5 Å². The number of aryl methyl sites for hydroxylation is 8. The number of hydrogen-bond acceptors (Lipinski definition) is 26. The molecule has 2 atom stereocenters. The van der Waals surface area contributed by atoms with Gasteiger partial charge in [0.1, 0.15) is 11.6 Å². The van der Waals surface area contributed by atoms with Crippen molar-refractivity contribution < 1.29 is 9.53 Å². The molecule has 27 nitrogen and oxygen atoms in total. The van der Waals surface area contributed by atoms with Crippen LogP contribution in [0.2, 0.25) is 5.02 Å². The molecule has 0 saturated carbocycles. The number of nitrogens with zero attached hydrogens (tertiary/aromatic N) is 17. The van der Waals surface area contributed by atoms with Gasteiger partial charge in [-0.05, 0) is 211 Å². The fourth-order valence-electron chi connectivity index (χ4n) is 16.1. The van der Waals surface area contributed by atoms with Gasteiger partial charge in [0.05, 0.1) is 114 Å².